The predicted molar refractivity (Wildman–Crippen MR) is 104 cm³/mol. The molecule has 0 aliphatic carbocycles. The molecule has 0 spiro atoms. The molecule has 0 bridgehead atoms. The minimum absolute atomic E-state index is 0. The summed E-state index contributed by atoms with van der Waals surface area (Å²) in [6.07, 6.45) is 0. The molecule has 146 valence electrons. The van der Waals surface area contributed by atoms with Crippen molar-refractivity contribution in [2.45, 2.75) is 6.92 Å². The van der Waals surface area contributed by atoms with Crippen LogP contribution in [0, 0.1) is 16.0 Å². The number of carbonyl (C=O) groups excluding carboxylic acids is 1. The highest BCUT2D eigenvalue weighted by Crippen LogP contribution is 2.29. The van der Waals surface area contributed by atoms with Crippen LogP contribution < -0.4 is 20.5 Å². The molecule has 3 N–H and O–H groups in total. The lowest BCUT2D eigenvalue weighted by molar-refractivity contribution is -0.384. The molecule has 8 nitrogen and oxygen atoms in total. The molecule has 0 aromatic heterocycles. The van der Waals surface area contributed by atoms with Gasteiger partial charge in [0, 0.05) is 18.7 Å². The number of amides is 1. The summed E-state index contributed by atoms with van der Waals surface area (Å²) in [7, 11) is 1.55. The van der Waals surface area contributed by atoms with Crippen LogP contribution in [0.15, 0.2) is 42.5 Å². The highest BCUT2D eigenvalue weighted by molar-refractivity contribution is 5.97. The van der Waals surface area contributed by atoms with Crippen molar-refractivity contribution in [3.8, 4) is 17.2 Å². The Labute approximate surface area is 163 Å². The van der Waals surface area contributed by atoms with Gasteiger partial charge >= 0.3 is 0 Å². The molecule has 27 heavy (non-hydrogen) atoms. The first-order valence-electron chi connectivity index (χ1n) is 8.03. The number of non-ortho nitro benzene ring substituents is 1. The average molecular weight is 396 g/mol. The Morgan fingerprint density at radius 1 is 1.22 bits per heavy atom. The zero-order chi connectivity index (χ0) is 19.1. The van der Waals surface area contributed by atoms with Crippen LogP contribution in [-0.4, -0.2) is 31.0 Å². The van der Waals surface area contributed by atoms with Crippen molar-refractivity contribution in [2.75, 3.05) is 20.2 Å². The number of benzene rings is 2. The largest absolute Gasteiger partial charge is 0.497 e. The topological polar surface area (TPSA) is 117 Å². The van der Waals surface area contributed by atoms with Gasteiger partial charge in [0.05, 0.1) is 17.6 Å². The molecule has 2 rings (SSSR count). The zero-order valence-electron chi connectivity index (χ0n) is 15.0. The van der Waals surface area contributed by atoms with Crippen LogP contribution in [-0.2, 0) is 0 Å². The van der Waals surface area contributed by atoms with Crippen LogP contribution in [0.2, 0.25) is 0 Å². The molecule has 1 unspecified atom stereocenters. The first kappa shape index (κ1) is 22.2. The maximum Gasteiger partial charge on any atom is 0.270 e. The van der Waals surface area contributed by atoms with E-state index in [2.05, 4.69) is 5.32 Å². The van der Waals surface area contributed by atoms with E-state index in [-0.39, 0.29) is 35.3 Å². The van der Waals surface area contributed by atoms with Crippen molar-refractivity contribution in [1.82, 2.24) is 5.32 Å². The van der Waals surface area contributed by atoms with Gasteiger partial charge in [-0.3, -0.25) is 14.9 Å². The number of hydrogen-bond donors (Lipinski definition) is 2. The Balaban J connectivity index is 0.00000364. The molecule has 9 heteroatoms. The van der Waals surface area contributed by atoms with Crippen LogP contribution in [0.4, 0.5) is 5.69 Å². The van der Waals surface area contributed by atoms with E-state index >= 15 is 0 Å². The highest BCUT2D eigenvalue weighted by atomic mass is 35.5. The average Bonchev–Trinajstić information content (AvgIpc) is 2.66. The summed E-state index contributed by atoms with van der Waals surface area (Å²) >= 11 is 0. The minimum atomic E-state index is -0.559. The number of hydrogen-bond acceptors (Lipinski definition) is 6. The number of halogens is 1. The fourth-order valence-electron chi connectivity index (χ4n) is 2.11. The van der Waals surface area contributed by atoms with Gasteiger partial charge in [-0.1, -0.05) is 6.92 Å². The lowest BCUT2D eigenvalue weighted by Gasteiger charge is -2.13. The van der Waals surface area contributed by atoms with E-state index < -0.39 is 10.8 Å². The third-order valence-electron chi connectivity index (χ3n) is 3.72. The van der Waals surface area contributed by atoms with E-state index in [4.69, 9.17) is 15.2 Å². The molecule has 0 saturated carbocycles. The molecular weight excluding hydrogens is 374 g/mol. The second-order valence-electron chi connectivity index (χ2n) is 5.77. The first-order valence-corrected chi connectivity index (χ1v) is 8.03. The van der Waals surface area contributed by atoms with E-state index in [0.29, 0.717) is 24.6 Å². The van der Waals surface area contributed by atoms with Gasteiger partial charge in [0.15, 0.2) is 0 Å². The molecule has 0 fully saturated rings. The van der Waals surface area contributed by atoms with Crippen molar-refractivity contribution in [2.24, 2.45) is 11.7 Å². The number of nitrogens with zero attached hydrogens (tertiary/aromatic N) is 1. The van der Waals surface area contributed by atoms with Crippen molar-refractivity contribution in [3.63, 3.8) is 0 Å². The number of carbonyl (C=O) groups is 1. The third-order valence-corrected chi connectivity index (χ3v) is 3.72. The quantitative estimate of drug-likeness (QED) is 0.523. The second-order valence-corrected chi connectivity index (χ2v) is 5.77. The van der Waals surface area contributed by atoms with Crippen LogP contribution in [0.25, 0.3) is 0 Å². The van der Waals surface area contributed by atoms with Crippen molar-refractivity contribution < 1.29 is 19.2 Å². The Hall–Kier alpha value is -2.84. The van der Waals surface area contributed by atoms with Crippen LogP contribution in [0.3, 0.4) is 0 Å². The Morgan fingerprint density at radius 3 is 2.41 bits per heavy atom. The molecule has 2 aromatic carbocycles. The smallest absolute Gasteiger partial charge is 0.270 e. The van der Waals surface area contributed by atoms with Gasteiger partial charge in [0.2, 0.25) is 0 Å². The van der Waals surface area contributed by atoms with Gasteiger partial charge in [-0.05, 0) is 42.8 Å². The molecule has 1 amide bonds. The van der Waals surface area contributed by atoms with Gasteiger partial charge in [0.25, 0.3) is 11.6 Å². The summed E-state index contributed by atoms with van der Waals surface area (Å²) in [5.41, 5.74) is 5.43. The first-order chi connectivity index (χ1) is 12.4. The molecule has 0 aliphatic rings. The summed E-state index contributed by atoms with van der Waals surface area (Å²) in [6, 6.07) is 10.7. The van der Waals surface area contributed by atoms with E-state index in [1.165, 1.54) is 18.2 Å². The summed E-state index contributed by atoms with van der Waals surface area (Å²) in [4.78, 5) is 22.9. The molecule has 0 radical (unpaired) electrons. The molecule has 2 aromatic rings. The summed E-state index contributed by atoms with van der Waals surface area (Å²) in [5, 5.41) is 13.7. The van der Waals surface area contributed by atoms with Crippen LogP contribution in [0.5, 0.6) is 17.2 Å². The predicted octanol–water partition coefficient (Wildman–Crippen LogP) is 3.14. The molecule has 0 heterocycles. The van der Waals surface area contributed by atoms with Crippen LogP contribution in [0.1, 0.15) is 17.3 Å². The monoisotopic (exact) mass is 395 g/mol. The fraction of sp³-hybridized carbons (Fsp3) is 0.278. The Bertz CT molecular complexity index is 783. The van der Waals surface area contributed by atoms with Crippen molar-refractivity contribution >= 4 is 24.0 Å². The third kappa shape index (κ3) is 6.12. The summed E-state index contributed by atoms with van der Waals surface area (Å²) in [5.74, 6) is 0.985. The van der Waals surface area contributed by atoms with Gasteiger partial charge in [-0.15, -0.1) is 12.4 Å². The number of nitro groups is 1. The van der Waals surface area contributed by atoms with Gasteiger partial charge < -0.3 is 20.5 Å². The minimum Gasteiger partial charge on any atom is -0.497 e. The maximum atomic E-state index is 12.5. The van der Waals surface area contributed by atoms with Crippen LogP contribution >= 0.6 is 12.4 Å². The number of nitro benzene ring substituents is 1. The van der Waals surface area contributed by atoms with Crippen molar-refractivity contribution in [3.05, 3.63) is 58.1 Å². The molecule has 0 aliphatic heterocycles. The maximum absolute atomic E-state index is 12.5. The number of ether oxygens (including phenoxy) is 2. The van der Waals surface area contributed by atoms with Gasteiger partial charge in [-0.25, -0.2) is 0 Å². The van der Waals surface area contributed by atoms with Crippen molar-refractivity contribution in [1.29, 1.82) is 0 Å². The SMILES string of the molecule is COc1ccc(Oc2ccc([N+](=O)[O-])cc2C(=O)NCC(C)CN)cc1.Cl. The lowest BCUT2D eigenvalue weighted by Crippen LogP contribution is -2.31. The highest BCUT2D eigenvalue weighted by Gasteiger charge is 2.19. The number of methoxy groups -OCH3 is 1. The van der Waals surface area contributed by atoms with Gasteiger partial charge in [0.1, 0.15) is 17.2 Å². The molecule has 0 saturated heterocycles. The van der Waals surface area contributed by atoms with E-state index in [1.807, 2.05) is 6.92 Å². The lowest BCUT2D eigenvalue weighted by atomic mass is 10.1. The molecule has 1 atom stereocenters. The Kier molecular flexibility index (Phi) is 8.50. The number of nitrogens with two attached hydrogens (primary N) is 1. The standard InChI is InChI=1S/C18H21N3O5.ClH/c1-12(10-19)11-20-18(22)16-9-13(21(23)24)3-8-17(16)26-15-6-4-14(25-2)5-7-15;/h3-9,12H,10-11,19H2,1-2H3,(H,20,22);1H. The second kappa shape index (κ2) is 10.3. The van der Waals surface area contributed by atoms with E-state index in [9.17, 15) is 14.9 Å². The zero-order valence-corrected chi connectivity index (χ0v) is 15.8. The summed E-state index contributed by atoms with van der Waals surface area (Å²) in [6.45, 7) is 2.67. The number of nitrogens with one attached hydrogen (secondary N) is 1. The van der Waals surface area contributed by atoms with Gasteiger partial charge in [-0.2, -0.15) is 0 Å². The summed E-state index contributed by atoms with van der Waals surface area (Å²) < 4.78 is 10.8. The normalized spacial score (nSPS) is 11.1. The Morgan fingerprint density at radius 2 is 1.85 bits per heavy atom. The molecular formula is C18H22ClN3O5. The fourth-order valence-corrected chi connectivity index (χ4v) is 2.11. The van der Waals surface area contributed by atoms with E-state index in [1.54, 1.807) is 31.4 Å². The van der Waals surface area contributed by atoms with E-state index in [0.717, 1.165) is 0 Å². The number of rotatable bonds is 8.